The number of hydrogen-bond donors (Lipinski definition) is 0. The first kappa shape index (κ1) is 19.2. The average Bonchev–Trinajstić information content (AvgIpc) is 2.87. The molecule has 0 unspecified atom stereocenters. The Kier molecular flexibility index (Phi) is 6.36. The van der Waals surface area contributed by atoms with E-state index in [1.54, 1.807) is 29.2 Å². The number of benzene rings is 1. The van der Waals surface area contributed by atoms with Gasteiger partial charge >= 0.3 is 5.69 Å². The second-order valence-corrected chi connectivity index (χ2v) is 7.28. The van der Waals surface area contributed by atoms with Gasteiger partial charge in [0.1, 0.15) is 6.54 Å². The Hall–Kier alpha value is -2.15. The molecule has 0 aliphatic carbocycles. The van der Waals surface area contributed by atoms with Crippen molar-refractivity contribution < 1.29 is 4.79 Å². The van der Waals surface area contributed by atoms with Crippen molar-refractivity contribution in [1.82, 2.24) is 24.7 Å². The molecule has 8 heteroatoms. The maximum atomic E-state index is 12.6. The van der Waals surface area contributed by atoms with Gasteiger partial charge in [-0.3, -0.25) is 4.79 Å². The predicted octanol–water partition coefficient (Wildman–Crippen LogP) is 2.22. The highest BCUT2D eigenvalue weighted by molar-refractivity contribution is 6.32. The van der Waals surface area contributed by atoms with Crippen molar-refractivity contribution in [3.63, 3.8) is 0 Å². The lowest BCUT2D eigenvalue weighted by atomic mass is 10.1. The maximum absolute atomic E-state index is 12.6. The van der Waals surface area contributed by atoms with Gasteiger partial charge < -0.3 is 4.90 Å². The minimum atomic E-state index is -0.490. The normalized spacial score (nSPS) is 11.3. The molecule has 0 aliphatic heterocycles. The fraction of sp³-hybridized carbons (Fsp3) is 0.529. The molecule has 0 bridgehead atoms. The molecule has 1 heterocycles. The molecule has 2 aromatic rings. The van der Waals surface area contributed by atoms with Crippen LogP contribution in [0.5, 0.6) is 0 Å². The second-order valence-electron chi connectivity index (χ2n) is 6.87. The van der Waals surface area contributed by atoms with E-state index in [1.165, 1.54) is 0 Å². The number of para-hydroxylation sites is 1. The van der Waals surface area contributed by atoms with E-state index in [0.717, 1.165) is 9.36 Å². The van der Waals surface area contributed by atoms with Crippen LogP contribution < -0.4 is 5.69 Å². The van der Waals surface area contributed by atoms with Crippen LogP contribution in [0, 0.1) is 11.8 Å². The quantitative estimate of drug-likeness (QED) is 0.754. The number of carbonyl (C=O) groups excluding carboxylic acids is 1. The molecule has 0 saturated carbocycles. The lowest BCUT2D eigenvalue weighted by molar-refractivity contribution is -0.133. The highest BCUT2D eigenvalue weighted by Crippen LogP contribution is 2.16. The van der Waals surface area contributed by atoms with Crippen LogP contribution in [0.2, 0.25) is 5.02 Å². The third kappa shape index (κ3) is 4.92. The van der Waals surface area contributed by atoms with Crippen LogP contribution in [-0.4, -0.2) is 43.7 Å². The molecule has 2 rings (SSSR count). The first-order valence-corrected chi connectivity index (χ1v) is 8.73. The molecule has 0 aliphatic rings. The number of carbonyl (C=O) groups is 1. The molecule has 0 saturated heterocycles. The minimum absolute atomic E-state index is 0.136. The highest BCUT2D eigenvalue weighted by atomic mass is 35.5. The van der Waals surface area contributed by atoms with Crippen LogP contribution in [0.3, 0.4) is 0 Å². The van der Waals surface area contributed by atoms with Crippen molar-refractivity contribution in [1.29, 1.82) is 0 Å². The summed E-state index contributed by atoms with van der Waals surface area (Å²) in [5, 5.41) is 8.06. The summed E-state index contributed by atoms with van der Waals surface area (Å²) in [6.07, 6.45) is 0. The van der Waals surface area contributed by atoms with E-state index in [-0.39, 0.29) is 12.5 Å². The van der Waals surface area contributed by atoms with E-state index in [4.69, 9.17) is 11.6 Å². The molecule has 7 nitrogen and oxygen atoms in total. The van der Waals surface area contributed by atoms with Crippen molar-refractivity contribution in [3.05, 3.63) is 39.8 Å². The first-order chi connectivity index (χ1) is 11.8. The zero-order valence-electron chi connectivity index (χ0n) is 15.0. The molecule has 136 valence electrons. The summed E-state index contributed by atoms with van der Waals surface area (Å²) in [4.78, 5) is 26.9. The van der Waals surface area contributed by atoms with Crippen molar-refractivity contribution in [3.8, 4) is 5.69 Å². The van der Waals surface area contributed by atoms with E-state index in [1.807, 2.05) is 0 Å². The van der Waals surface area contributed by atoms with E-state index in [2.05, 4.69) is 38.1 Å². The topological polar surface area (TPSA) is 73.0 Å². The maximum Gasteiger partial charge on any atom is 0.369 e. The molecule has 1 aromatic carbocycles. The Morgan fingerprint density at radius 3 is 2.28 bits per heavy atom. The average molecular weight is 366 g/mol. The van der Waals surface area contributed by atoms with Crippen LogP contribution in [0.4, 0.5) is 0 Å². The molecule has 1 aromatic heterocycles. The Bertz CT molecular complexity index is 771. The van der Waals surface area contributed by atoms with Crippen LogP contribution in [0.25, 0.3) is 5.69 Å². The molecule has 25 heavy (non-hydrogen) atoms. The van der Waals surface area contributed by atoms with E-state index < -0.39 is 5.69 Å². The minimum Gasteiger partial charge on any atom is -0.341 e. The van der Waals surface area contributed by atoms with Gasteiger partial charge in [-0.25, -0.2) is 4.79 Å². The Balaban J connectivity index is 2.21. The number of nitrogens with zero attached hydrogens (tertiary/aromatic N) is 5. The van der Waals surface area contributed by atoms with Crippen LogP contribution in [0.1, 0.15) is 27.7 Å². The van der Waals surface area contributed by atoms with E-state index >= 15 is 0 Å². The lowest BCUT2D eigenvalue weighted by Gasteiger charge is -2.26. The number of halogens is 1. The van der Waals surface area contributed by atoms with Gasteiger partial charge in [0.05, 0.1) is 10.7 Å². The lowest BCUT2D eigenvalue weighted by Crippen LogP contribution is -2.41. The van der Waals surface area contributed by atoms with Gasteiger partial charge in [0, 0.05) is 13.1 Å². The van der Waals surface area contributed by atoms with Gasteiger partial charge in [0.15, 0.2) is 0 Å². The van der Waals surface area contributed by atoms with Crippen molar-refractivity contribution >= 4 is 17.5 Å². The van der Waals surface area contributed by atoms with Crippen molar-refractivity contribution in [2.24, 2.45) is 11.8 Å². The van der Waals surface area contributed by atoms with E-state index in [9.17, 15) is 9.59 Å². The molecule has 0 fully saturated rings. The SMILES string of the molecule is CC(C)CN(CC(C)C)C(=O)Cn1nnn(-c2ccccc2Cl)c1=O. The number of aromatic nitrogens is 4. The van der Waals surface area contributed by atoms with Gasteiger partial charge in [0.25, 0.3) is 0 Å². The van der Waals surface area contributed by atoms with Crippen molar-refractivity contribution in [2.45, 2.75) is 34.2 Å². The summed E-state index contributed by atoms with van der Waals surface area (Å²) in [6, 6.07) is 6.86. The molecular formula is C17H24ClN5O2. The van der Waals surface area contributed by atoms with Crippen LogP contribution in [0.15, 0.2) is 29.1 Å². The largest absolute Gasteiger partial charge is 0.369 e. The van der Waals surface area contributed by atoms with Crippen LogP contribution >= 0.6 is 11.6 Å². The second kappa shape index (κ2) is 8.29. The van der Waals surface area contributed by atoms with E-state index in [0.29, 0.717) is 35.6 Å². The zero-order chi connectivity index (χ0) is 18.6. The van der Waals surface area contributed by atoms with Gasteiger partial charge in [-0.15, -0.1) is 0 Å². The highest BCUT2D eigenvalue weighted by Gasteiger charge is 2.20. The van der Waals surface area contributed by atoms with Crippen molar-refractivity contribution in [2.75, 3.05) is 13.1 Å². The van der Waals surface area contributed by atoms with Gasteiger partial charge in [0.2, 0.25) is 5.91 Å². The first-order valence-electron chi connectivity index (χ1n) is 8.35. The monoisotopic (exact) mass is 365 g/mol. The van der Waals surface area contributed by atoms with Gasteiger partial charge in [-0.1, -0.05) is 51.4 Å². The zero-order valence-corrected chi connectivity index (χ0v) is 15.8. The molecule has 0 N–H and O–H groups in total. The molecule has 0 radical (unpaired) electrons. The Morgan fingerprint density at radius 2 is 1.72 bits per heavy atom. The fourth-order valence-electron chi connectivity index (χ4n) is 2.54. The number of hydrogen-bond acceptors (Lipinski definition) is 4. The van der Waals surface area contributed by atoms with Gasteiger partial charge in [-0.05, 0) is 34.4 Å². The Labute approximate surface area is 152 Å². The fourth-order valence-corrected chi connectivity index (χ4v) is 2.75. The summed E-state index contributed by atoms with van der Waals surface area (Å²) in [6.45, 7) is 9.37. The molecule has 0 atom stereocenters. The van der Waals surface area contributed by atoms with Gasteiger partial charge in [-0.2, -0.15) is 9.36 Å². The number of amides is 1. The molecule has 0 spiro atoms. The summed E-state index contributed by atoms with van der Waals surface area (Å²) >= 11 is 6.10. The van der Waals surface area contributed by atoms with Crippen LogP contribution in [-0.2, 0) is 11.3 Å². The molecule has 1 amide bonds. The number of tetrazole rings is 1. The third-order valence-electron chi connectivity index (χ3n) is 3.53. The predicted molar refractivity (Wildman–Crippen MR) is 96.9 cm³/mol. The number of rotatable bonds is 7. The summed E-state index contributed by atoms with van der Waals surface area (Å²) in [5.74, 6) is 0.548. The molecular weight excluding hydrogens is 342 g/mol. The summed E-state index contributed by atoms with van der Waals surface area (Å²) < 4.78 is 2.17. The Morgan fingerprint density at radius 1 is 1.12 bits per heavy atom. The summed E-state index contributed by atoms with van der Waals surface area (Å²) in [7, 11) is 0. The smallest absolute Gasteiger partial charge is 0.341 e. The summed E-state index contributed by atoms with van der Waals surface area (Å²) in [5.41, 5.74) is -0.0513. The standard InChI is InChI=1S/C17H24ClN5O2/c1-12(2)9-21(10-13(3)4)16(24)11-22-17(25)23(20-19-22)15-8-6-5-7-14(15)18/h5-8,12-13H,9-11H2,1-4H3. The third-order valence-corrected chi connectivity index (χ3v) is 3.85.